The predicted molar refractivity (Wildman–Crippen MR) is 82.6 cm³/mol. The van der Waals surface area contributed by atoms with E-state index in [2.05, 4.69) is 18.7 Å². The summed E-state index contributed by atoms with van der Waals surface area (Å²) < 4.78 is 5.01. The van der Waals surface area contributed by atoms with Crippen LogP contribution in [0.3, 0.4) is 0 Å². The van der Waals surface area contributed by atoms with Crippen molar-refractivity contribution >= 4 is 5.97 Å². The van der Waals surface area contributed by atoms with E-state index in [9.17, 15) is 4.79 Å². The smallest absolute Gasteiger partial charge is 0.325 e. The van der Waals surface area contributed by atoms with Crippen molar-refractivity contribution in [1.82, 2.24) is 4.90 Å². The number of nitrogens with two attached hydrogens (primary N) is 1. The van der Waals surface area contributed by atoms with Crippen molar-refractivity contribution < 1.29 is 9.53 Å². The van der Waals surface area contributed by atoms with Crippen molar-refractivity contribution in [3.8, 4) is 0 Å². The van der Waals surface area contributed by atoms with Gasteiger partial charge in [0.1, 0.15) is 5.54 Å². The van der Waals surface area contributed by atoms with Crippen molar-refractivity contribution in [2.75, 3.05) is 13.2 Å². The monoisotopic (exact) mass is 284 g/mol. The van der Waals surface area contributed by atoms with Gasteiger partial charge in [-0.25, -0.2) is 0 Å². The van der Waals surface area contributed by atoms with Crippen LogP contribution in [0.25, 0.3) is 0 Å². The van der Waals surface area contributed by atoms with E-state index < -0.39 is 5.54 Å². The summed E-state index contributed by atoms with van der Waals surface area (Å²) in [4.78, 5) is 14.3. The third kappa shape index (κ3) is 5.06. The Labute approximate surface area is 124 Å². The standard InChI is InChI=1S/C16H32N2O2/c1-5-20-15(19)16(4,17)11-6-7-12-18-13(2)9-8-10-14(18)3/h13-14H,5-12,17H2,1-4H3/t13-,14+,16?. The average molecular weight is 284 g/mol. The molecule has 1 aliphatic rings. The van der Waals surface area contributed by atoms with Gasteiger partial charge >= 0.3 is 5.97 Å². The zero-order valence-electron chi connectivity index (χ0n) is 13.7. The zero-order chi connectivity index (χ0) is 15.2. The lowest BCUT2D eigenvalue weighted by atomic mass is 9.94. The van der Waals surface area contributed by atoms with Crippen LogP contribution in [-0.2, 0) is 9.53 Å². The molecule has 1 fully saturated rings. The van der Waals surface area contributed by atoms with Crippen LogP contribution in [-0.4, -0.2) is 41.6 Å². The van der Waals surface area contributed by atoms with Gasteiger partial charge in [0.2, 0.25) is 0 Å². The number of likely N-dealkylation sites (tertiary alicyclic amines) is 1. The second kappa shape index (κ2) is 7.99. The molecule has 0 radical (unpaired) electrons. The van der Waals surface area contributed by atoms with E-state index in [0.717, 1.165) is 19.4 Å². The summed E-state index contributed by atoms with van der Waals surface area (Å²) in [5.74, 6) is -0.278. The Bertz CT molecular complexity index is 295. The molecule has 0 aromatic carbocycles. The first-order valence-electron chi connectivity index (χ1n) is 8.10. The summed E-state index contributed by atoms with van der Waals surface area (Å²) in [6.07, 6.45) is 6.73. The SMILES string of the molecule is CCOC(=O)C(C)(N)CCCCN1[C@H](C)CCC[C@@H]1C. The first kappa shape index (κ1) is 17.4. The fraction of sp³-hybridized carbons (Fsp3) is 0.938. The van der Waals surface area contributed by atoms with Gasteiger partial charge < -0.3 is 10.5 Å². The second-order valence-corrected chi connectivity index (χ2v) is 6.46. The highest BCUT2D eigenvalue weighted by atomic mass is 16.5. The van der Waals surface area contributed by atoms with E-state index in [1.54, 1.807) is 6.92 Å². The minimum absolute atomic E-state index is 0.278. The molecule has 1 unspecified atom stereocenters. The lowest BCUT2D eigenvalue weighted by Gasteiger charge is -2.39. The number of piperidine rings is 1. The van der Waals surface area contributed by atoms with Crippen molar-refractivity contribution in [3.05, 3.63) is 0 Å². The van der Waals surface area contributed by atoms with Crippen LogP contribution in [0, 0.1) is 0 Å². The van der Waals surface area contributed by atoms with Crippen LogP contribution < -0.4 is 5.73 Å². The topological polar surface area (TPSA) is 55.6 Å². The number of rotatable bonds is 7. The van der Waals surface area contributed by atoms with E-state index in [-0.39, 0.29) is 5.97 Å². The second-order valence-electron chi connectivity index (χ2n) is 6.46. The maximum Gasteiger partial charge on any atom is 0.325 e. The number of unbranched alkanes of at least 4 members (excludes halogenated alkanes) is 1. The molecular weight excluding hydrogens is 252 g/mol. The molecule has 0 amide bonds. The first-order chi connectivity index (χ1) is 9.38. The van der Waals surface area contributed by atoms with E-state index in [1.165, 1.54) is 19.3 Å². The van der Waals surface area contributed by atoms with Crippen LogP contribution >= 0.6 is 0 Å². The molecule has 0 saturated carbocycles. The molecule has 1 heterocycles. The number of carbonyl (C=O) groups excluding carboxylic acids is 1. The Balaban J connectivity index is 2.28. The predicted octanol–water partition coefficient (Wildman–Crippen LogP) is 2.70. The van der Waals surface area contributed by atoms with E-state index in [4.69, 9.17) is 10.5 Å². The molecule has 1 rings (SSSR count). The molecule has 0 aromatic rings. The summed E-state index contributed by atoms with van der Waals surface area (Å²) in [5.41, 5.74) is 5.19. The molecule has 20 heavy (non-hydrogen) atoms. The fourth-order valence-electron chi connectivity index (χ4n) is 3.10. The Hall–Kier alpha value is -0.610. The largest absolute Gasteiger partial charge is 0.465 e. The Morgan fingerprint density at radius 3 is 2.45 bits per heavy atom. The highest BCUT2D eigenvalue weighted by Gasteiger charge is 2.29. The van der Waals surface area contributed by atoms with Gasteiger partial charge in [0.05, 0.1) is 6.61 Å². The Kier molecular flexibility index (Phi) is 6.96. The molecule has 3 atom stereocenters. The molecule has 0 spiro atoms. The molecule has 4 heteroatoms. The normalized spacial score (nSPS) is 27.1. The highest BCUT2D eigenvalue weighted by molar-refractivity contribution is 5.79. The van der Waals surface area contributed by atoms with E-state index in [1.807, 2.05) is 6.92 Å². The third-order valence-corrected chi connectivity index (χ3v) is 4.48. The molecule has 0 bridgehead atoms. The van der Waals surface area contributed by atoms with Crippen molar-refractivity contribution in [2.45, 2.75) is 83.8 Å². The molecule has 1 saturated heterocycles. The van der Waals surface area contributed by atoms with Crippen molar-refractivity contribution in [1.29, 1.82) is 0 Å². The van der Waals surface area contributed by atoms with Crippen LogP contribution in [0.2, 0.25) is 0 Å². The molecule has 118 valence electrons. The summed E-state index contributed by atoms with van der Waals surface area (Å²) >= 11 is 0. The first-order valence-corrected chi connectivity index (χ1v) is 8.10. The van der Waals surface area contributed by atoms with Gasteiger partial charge in [-0.3, -0.25) is 9.69 Å². The molecular formula is C16H32N2O2. The van der Waals surface area contributed by atoms with Crippen LogP contribution in [0.1, 0.15) is 66.2 Å². The van der Waals surface area contributed by atoms with E-state index in [0.29, 0.717) is 25.1 Å². The number of hydrogen-bond acceptors (Lipinski definition) is 4. The zero-order valence-corrected chi connectivity index (χ0v) is 13.7. The average Bonchev–Trinajstić information content (AvgIpc) is 2.37. The minimum Gasteiger partial charge on any atom is -0.465 e. The van der Waals surface area contributed by atoms with Crippen molar-refractivity contribution in [3.63, 3.8) is 0 Å². The summed E-state index contributed by atoms with van der Waals surface area (Å²) in [5, 5.41) is 0. The number of ether oxygens (including phenoxy) is 1. The lowest BCUT2D eigenvalue weighted by molar-refractivity contribution is -0.149. The van der Waals surface area contributed by atoms with Crippen LogP contribution in [0.4, 0.5) is 0 Å². The number of carbonyl (C=O) groups is 1. The maximum atomic E-state index is 11.7. The summed E-state index contributed by atoms with van der Waals surface area (Å²) in [6, 6.07) is 1.38. The number of esters is 1. The van der Waals surface area contributed by atoms with Crippen LogP contribution in [0.15, 0.2) is 0 Å². The van der Waals surface area contributed by atoms with Gasteiger partial charge in [0.15, 0.2) is 0 Å². The molecule has 4 nitrogen and oxygen atoms in total. The third-order valence-electron chi connectivity index (χ3n) is 4.48. The summed E-state index contributed by atoms with van der Waals surface area (Å²) in [6.45, 7) is 9.74. The Morgan fingerprint density at radius 1 is 1.30 bits per heavy atom. The molecule has 0 aromatic heterocycles. The lowest BCUT2D eigenvalue weighted by Crippen LogP contribution is -2.46. The van der Waals surface area contributed by atoms with E-state index >= 15 is 0 Å². The van der Waals surface area contributed by atoms with Gasteiger partial charge in [-0.05, 0) is 66.3 Å². The maximum absolute atomic E-state index is 11.7. The molecule has 2 N–H and O–H groups in total. The number of nitrogens with zero attached hydrogens (tertiary/aromatic N) is 1. The van der Waals surface area contributed by atoms with Gasteiger partial charge in [-0.2, -0.15) is 0 Å². The van der Waals surface area contributed by atoms with Gasteiger partial charge in [-0.1, -0.05) is 6.42 Å². The van der Waals surface area contributed by atoms with Gasteiger partial charge in [0.25, 0.3) is 0 Å². The summed E-state index contributed by atoms with van der Waals surface area (Å²) in [7, 11) is 0. The highest BCUT2D eigenvalue weighted by Crippen LogP contribution is 2.23. The minimum atomic E-state index is -0.838. The fourth-order valence-corrected chi connectivity index (χ4v) is 3.10. The molecule has 0 aliphatic carbocycles. The number of hydrogen-bond donors (Lipinski definition) is 1. The molecule has 1 aliphatic heterocycles. The Morgan fingerprint density at radius 2 is 1.90 bits per heavy atom. The van der Waals surface area contributed by atoms with Gasteiger partial charge in [-0.15, -0.1) is 0 Å². The van der Waals surface area contributed by atoms with Gasteiger partial charge in [0, 0.05) is 12.1 Å². The quantitative estimate of drug-likeness (QED) is 0.577. The van der Waals surface area contributed by atoms with Crippen molar-refractivity contribution in [2.24, 2.45) is 5.73 Å². The van der Waals surface area contributed by atoms with Crippen LogP contribution in [0.5, 0.6) is 0 Å².